The summed E-state index contributed by atoms with van der Waals surface area (Å²) in [5, 5.41) is 2.79. The molecule has 1 heterocycles. The van der Waals surface area contributed by atoms with Crippen molar-refractivity contribution in [2.45, 2.75) is 6.10 Å². The molecule has 0 unspecified atom stereocenters. The standard InChI is InChI=1S/C10H10INO2/c11-8-4-2-1-3-7(8)9-5-12-10(13)6-14-9/h1-4,9H,5-6H2,(H,12,13)/t9-/m1/s1. The van der Waals surface area contributed by atoms with Gasteiger partial charge in [-0.05, 0) is 34.2 Å². The zero-order chi connectivity index (χ0) is 9.97. The van der Waals surface area contributed by atoms with Crippen LogP contribution in [0.2, 0.25) is 0 Å². The van der Waals surface area contributed by atoms with E-state index in [1.807, 2.05) is 24.3 Å². The molecule has 3 nitrogen and oxygen atoms in total. The van der Waals surface area contributed by atoms with E-state index < -0.39 is 0 Å². The van der Waals surface area contributed by atoms with E-state index in [2.05, 4.69) is 27.9 Å². The molecule has 1 aromatic carbocycles. The molecule has 1 atom stereocenters. The lowest BCUT2D eigenvalue weighted by atomic mass is 10.1. The van der Waals surface area contributed by atoms with Gasteiger partial charge in [-0.2, -0.15) is 0 Å². The van der Waals surface area contributed by atoms with Crippen molar-refractivity contribution in [2.24, 2.45) is 0 Å². The smallest absolute Gasteiger partial charge is 0.246 e. The summed E-state index contributed by atoms with van der Waals surface area (Å²) in [5.74, 6) is -0.0350. The SMILES string of the molecule is O=C1CO[C@@H](c2ccccc2I)CN1. The molecule has 1 saturated heterocycles. The maximum atomic E-state index is 10.9. The highest BCUT2D eigenvalue weighted by molar-refractivity contribution is 14.1. The molecular formula is C10H10INO2. The Labute approximate surface area is 96.0 Å². The van der Waals surface area contributed by atoms with Gasteiger partial charge in [-0.1, -0.05) is 18.2 Å². The van der Waals surface area contributed by atoms with Crippen LogP contribution >= 0.6 is 22.6 Å². The Bertz CT molecular complexity index is 344. The first kappa shape index (κ1) is 9.92. The van der Waals surface area contributed by atoms with Crippen molar-refractivity contribution in [1.29, 1.82) is 0 Å². The predicted octanol–water partition coefficient (Wildman–Crippen LogP) is 1.48. The number of rotatable bonds is 1. The third-order valence-electron chi connectivity index (χ3n) is 2.15. The van der Waals surface area contributed by atoms with Gasteiger partial charge in [0.15, 0.2) is 0 Å². The van der Waals surface area contributed by atoms with Gasteiger partial charge in [0.1, 0.15) is 12.7 Å². The van der Waals surface area contributed by atoms with Gasteiger partial charge in [-0.15, -0.1) is 0 Å². The second-order valence-corrected chi connectivity index (χ2v) is 4.29. The molecule has 1 fully saturated rings. The highest BCUT2D eigenvalue weighted by Crippen LogP contribution is 2.23. The Morgan fingerprint density at radius 3 is 2.86 bits per heavy atom. The van der Waals surface area contributed by atoms with Crippen LogP contribution in [0.1, 0.15) is 11.7 Å². The van der Waals surface area contributed by atoms with Crippen molar-refractivity contribution in [3.05, 3.63) is 33.4 Å². The Balaban J connectivity index is 2.16. The van der Waals surface area contributed by atoms with E-state index in [0.29, 0.717) is 6.54 Å². The Hall–Kier alpha value is -0.620. The second kappa shape index (κ2) is 4.27. The van der Waals surface area contributed by atoms with E-state index in [1.165, 1.54) is 3.57 Å². The fourth-order valence-electron chi connectivity index (χ4n) is 1.43. The van der Waals surface area contributed by atoms with E-state index in [0.717, 1.165) is 5.56 Å². The molecule has 1 N–H and O–H groups in total. The van der Waals surface area contributed by atoms with E-state index in [9.17, 15) is 4.79 Å². The summed E-state index contributed by atoms with van der Waals surface area (Å²) in [7, 11) is 0. The molecule has 2 rings (SSSR count). The fourth-order valence-corrected chi connectivity index (χ4v) is 2.16. The molecule has 14 heavy (non-hydrogen) atoms. The van der Waals surface area contributed by atoms with Gasteiger partial charge < -0.3 is 10.1 Å². The summed E-state index contributed by atoms with van der Waals surface area (Å²) in [4.78, 5) is 10.9. The summed E-state index contributed by atoms with van der Waals surface area (Å²) >= 11 is 2.28. The molecule has 0 aliphatic carbocycles. The Morgan fingerprint density at radius 2 is 2.21 bits per heavy atom. The highest BCUT2D eigenvalue weighted by atomic mass is 127. The minimum absolute atomic E-state index is 0.000741. The monoisotopic (exact) mass is 303 g/mol. The number of nitrogens with one attached hydrogen (secondary N) is 1. The number of carbonyl (C=O) groups excluding carboxylic acids is 1. The van der Waals surface area contributed by atoms with Crippen LogP contribution in [-0.4, -0.2) is 19.1 Å². The van der Waals surface area contributed by atoms with Gasteiger partial charge in [0, 0.05) is 10.1 Å². The predicted molar refractivity (Wildman–Crippen MR) is 60.9 cm³/mol. The average Bonchev–Trinajstić information content (AvgIpc) is 2.20. The van der Waals surface area contributed by atoms with Gasteiger partial charge in [0.2, 0.25) is 5.91 Å². The molecule has 0 radical (unpaired) electrons. The number of ether oxygens (including phenoxy) is 1. The van der Waals surface area contributed by atoms with Crippen LogP contribution < -0.4 is 5.32 Å². The molecule has 4 heteroatoms. The molecule has 74 valence electrons. The summed E-state index contributed by atoms with van der Waals surface area (Å²) < 4.78 is 6.61. The quantitative estimate of drug-likeness (QED) is 0.798. The van der Waals surface area contributed by atoms with Crippen molar-refractivity contribution in [3.8, 4) is 0 Å². The molecule has 1 aromatic rings. The fraction of sp³-hybridized carbons (Fsp3) is 0.300. The van der Waals surface area contributed by atoms with Gasteiger partial charge in [0.05, 0.1) is 0 Å². The van der Waals surface area contributed by atoms with Crippen molar-refractivity contribution < 1.29 is 9.53 Å². The van der Waals surface area contributed by atoms with Crippen LogP contribution in [0.15, 0.2) is 24.3 Å². The van der Waals surface area contributed by atoms with Crippen LogP contribution in [0.3, 0.4) is 0 Å². The highest BCUT2D eigenvalue weighted by Gasteiger charge is 2.21. The first-order chi connectivity index (χ1) is 6.77. The lowest BCUT2D eigenvalue weighted by Gasteiger charge is -2.24. The second-order valence-electron chi connectivity index (χ2n) is 3.13. The third kappa shape index (κ3) is 2.06. The topological polar surface area (TPSA) is 38.3 Å². The maximum Gasteiger partial charge on any atom is 0.246 e. The number of benzene rings is 1. The zero-order valence-corrected chi connectivity index (χ0v) is 9.65. The molecule has 0 spiro atoms. The van der Waals surface area contributed by atoms with Gasteiger partial charge in [0.25, 0.3) is 0 Å². The molecule has 0 saturated carbocycles. The van der Waals surface area contributed by atoms with Crippen molar-refractivity contribution in [3.63, 3.8) is 0 Å². The summed E-state index contributed by atoms with van der Waals surface area (Å²) in [6.45, 7) is 0.731. The summed E-state index contributed by atoms with van der Waals surface area (Å²) in [5.41, 5.74) is 1.15. The van der Waals surface area contributed by atoms with Crippen LogP contribution in [0.5, 0.6) is 0 Å². The number of hydrogen-bond donors (Lipinski definition) is 1. The molecule has 1 aliphatic rings. The summed E-state index contributed by atoms with van der Waals surface area (Å²) in [6, 6.07) is 8.05. The van der Waals surface area contributed by atoms with Gasteiger partial charge >= 0.3 is 0 Å². The lowest BCUT2D eigenvalue weighted by molar-refractivity contribution is -0.133. The molecule has 0 bridgehead atoms. The van der Waals surface area contributed by atoms with Gasteiger partial charge in [-0.25, -0.2) is 0 Å². The van der Waals surface area contributed by atoms with Crippen LogP contribution in [0.4, 0.5) is 0 Å². The van der Waals surface area contributed by atoms with Crippen LogP contribution in [-0.2, 0) is 9.53 Å². The summed E-state index contributed by atoms with van der Waals surface area (Å²) in [6.07, 6.45) is 0.000741. The minimum Gasteiger partial charge on any atom is -0.362 e. The van der Waals surface area contributed by atoms with Crippen molar-refractivity contribution in [2.75, 3.05) is 13.2 Å². The van der Waals surface area contributed by atoms with Crippen molar-refractivity contribution in [1.82, 2.24) is 5.32 Å². The Kier molecular flexibility index (Phi) is 3.02. The maximum absolute atomic E-state index is 10.9. The zero-order valence-electron chi connectivity index (χ0n) is 7.50. The van der Waals surface area contributed by atoms with E-state index in [-0.39, 0.29) is 18.6 Å². The number of amides is 1. The number of morpholine rings is 1. The van der Waals surface area contributed by atoms with Crippen LogP contribution in [0.25, 0.3) is 0 Å². The molecular weight excluding hydrogens is 293 g/mol. The Morgan fingerprint density at radius 1 is 1.43 bits per heavy atom. The number of carbonyl (C=O) groups is 1. The number of halogens is 1. The van der Waals surface area contributed by atoms with E-state index in [1.54, 1.807) is 0 Å². The molecule has 1 aliphatic heterocycles. The van der Waals surface area contributed by atoms with Gasteiger partial charge in [-0.3, -0.25) is 4.79 Å². The normalized spacial score (nSPS) is 21.8. The average molecular weight is 303 g/mol. The lowest BCUT2D eigenvalue weighted by Crippen LogP contribution is -2.38. The first-order valence-corrected chi connectivity index (χ1v) is 5.48. The molecule has 1 amide bonds. The van der Waals surface area contributed by atoms with Crippen LogP contribution in [0, 0.1) is 3.57 Å². The third-order valence-corrected chi connectivity index (χ3v) is 3.13. The minimum atomic E-state index is -0.0350. The van der Waals surface area contributed by atoms with E-state index >= 15 is 0 Å². The van der Waals surface area contributed by atoms with Crippen molar-refractivity contribution >= 4 is 28.5 Å². The molecule has 0 aromatic heterocycles. The largest absolute Gasteiger partial charge is 0.362 e. The number of hydrogen-bond acceptors (Lipinski definition) is 2. The first-order valence-electron chi connectivity index (χ1n) is 4.40. The van der Waals surface area contributed by atoms with E-state index in [4.69, 9.17) is 4.74 Å².